The van der Waals surface area contributed by atoms with Crippen molar-refractivity contribution in [2.45, 2.75) is 13.3 Å². The highest BCUT2D eigenvalue weighted by molar-refractivity contribution is 6.15. The number of carbonyl (C=O) groups excluding carboxylic acids is 2. The van der Waals surface area contributed by atoms with Crippen LogP contribution in [0.2, 0.25) is 0 Å². The zero-order chi connectivity index (χ0) is 19.8. The van der Waals surface area contributed by atoms with Crippen LogP contribution >= 0.6 is 0 Å². The van der Waals surface area contributed by atoms with Gasteiger partial charge in [-0.05, 0) is 49.2 Å². The van der Waals surface area contributed by atoms with Crippen molar-refractivity contribution in [1.82, 2.24) is 4.98 Å². The van der Waals surface area contributed by atoms with Crippen LogP contribution in [0.4, 0.5) is 20.2 Å². The lowest BCUT2D eigenvalue weighted by atomic mass is 10.1. The van der Waals surface area contributed by atoms with Gasteiger partial charge in [0.2, 0.25) is 11.8 Å². The second-order valence-electron chi connectivity index (χ2n) is 6.78. The van der Waals surface area contributed by atoms with Gasteiger partial charge >= 0.3 is 0 Å². The van der Waals surface area contributed by atoms with E-state index in [0.717, 1.165) is 34.7 Å². The van der Waals surface area contributed by atoms with E-state index < -0.39 is 29.4 Å². The Labute approximate surface area is 160 Å². The van der Waals surface area contributed by atoms with Crippen molar-refractivity contribution < 1.29 is 18.4 Å². The van der Waals surface area contributed by atoms with Crippen LogP contribution in [-0.4, -0.2) is 23.3 Å². The van der Waals surface area contributed by atoms with Crippen LogP contribution in [0.3, 0.4) is 0 Å². The Morgan fingerprint density at radius 3 is 2.68 bits per heavy atom. The largest absolute Gasteiger partial charge is 0.325 e. The average molecular weight is 381 g/mol. The molecule has 1 atom stereocenters. The number of aryl methyl sites for hydroxylation is 1. The van der Waals surface area contributed by atoms with Gasteiger partial charge in [0.25, 0.3) is 0 Å². The summed E-state index contributed by atoms with van der Waals surface area (Å²) in [6, 6.07) is 10.2. The van der Waals surface area contributed by atoms with Crippen molar-refractivity contribution in [2.75, 3.05) is 16.8 Å². The van der Waals surface area contributed by atoms with E-state index in [2.05, 4.69) is 10.3 Å². The molecule has 1 saturated heterocycles. The summed E-state index contributed by atoms with van der Waals surface area (Å²) < 4.78 is 26.9. The molecule has 7 heteroatoms. The Balaban J connectivity index is 1.57. The Bertz CT molecular complexity index is 1080. The number of nitrogens with one attached hydrogen (secondary N) is 1. The molecule has 1 aromatic heterocycles. The van der Waals surface area contributed by atoms with Crippen LogP contribution < -0.4 is 10.2 Å². The number of amides is 2. The third-order valence-corrected chi connectivity index (χ3v) is 4.91. The first-order valence-corrected chi connectivity index (χ1v) is 8.87. The van der Waals surface area contributed by atoms with Crippen LogP contribution in [0, 0.1) is 24.5 Å². The topological polar surface area (TPSA) is 62.3 Å². The molecule has 4 rings (SSSR count). The van der Waals surface area contributed by atoms with Crippen LogP contribution in [0.5, 0.6) is 0 Å². The first kappa shape index (κ1) is 18.0. The fourth-order valence-corrected chi connectivity index (χ4v) is 3.52. The second-order valence-corrected chi connectivity index (χ2v) is 6.78. The van der Waals surface area contributed by atoms with Gasteiger partial charge in [0.1, 0.15) is 17.6 Å². The van der Waals surface area contributed by atoms with Gasteiger partial charge in [-0.25, -0.2) is 8.78 Å². The van der Waals surface area contributed by atoms with Gasteiger partial charge in [-0.2, -0.15) is 0 Å². The highest BCUT2D eigenvalue weighted by Gasteiger charge is 2.38. The zero-order valence-electron chi connectivity index (χ0n) is 15.1. The van der Waals surface area contributed by atoms with Crippen LogP contribution in [-0.2, 0) is 9.59 Å². The molecule has 1 aliphatic rings. The minimum atomic E-state index is -0.917. The maximum Gasteiger partial charge on any atom is 0.239 e. The van der Waals surface area contributed by atoms with Gasteiger partial charge in [0.05, 0.1) is 11.2 Å². The van der Waals surface area contributed by atoms with Gasteiger partial charge < -0.3 is 10.2 Å². The van der Waals surface area contributed by atoms with Crippen molar-refractivity contribution in [3.05, 3.63) is 65.9 Å². The molecule has 0 saturated carbocycles. The SMILES string of the molecule is Cc1ccc(NC(=O)C2CCN(c3cc(F)cc(F)c3)C2=O)c2cccnc12. The van der Waals surface area contributed by atoms with Crippen LogP contribution in [0.1, 0.15) is 12.0 Å². The highest BCUT2D eigenvalue weighted by atomic mass is 19.1. The van der Waals surface area contributed by atoms with Gasteiger partial charge in [0.15, 0.2) is 0 Å². The number of benzene rings is 2. The van der Waals surface area contributed by atoms with Crippen molar-refractivity contribution in [3.8, 4) is 0 Å². The molecule has 0 radical (unpaired) electrons. The lowest BCUT2D eigenvalue weighted by Gasteiger charge is -2.17. The molecule has 142 valence electrons. The quantitative estimate of drug-likeness (QED) is 0.702. The second kappa shape index (κ2) is 6.99. The molecule has 1 N–H and O–H groups in total. The Kier molecular flexibility index (Phi) is 4.50. The summed E-state index contributed by atoms with van der Waals surface area (Å²) in [6.07, 6.45) is 1.95. The molecule has 5 nitrogen and oxygen atoms in total. The van der Waals surface area contributed by atoms with Crippen LogP contribution in [0.15, 0.2) is 48.7 Å². The first-order chi connectivity index (χ1) is 13.4. The molecule has 2 heterocycles. The van der Waals surface area contributed by atoms with Crippen molar-refractivity contribution in [1.29, 1.82) is 0 Å². The molecule has 28 heavy (non-hydrogen) atoms. The number of fused-ring (bicyclic) bond motifs is 1. The summed E-state index contributed by atoms with van der Waals surface area (Å²) in [4.78, 5) is 31.0. The molecule has 0 aliphatic carbocycles. The number of halogens is 2. The fraction of sp³-hybridized carbons (Fsp3) is 0.190. The van der Waals surface area contributed by atoms with E-state index in [1.807, 2.05) is 19.1 Å². The molecule has 1 unspecified atom stereocenters. The number of nitrogens with zero attached hydrogens (tertiary/aromatic N) is 2. The van der Waals surface area contributed by atoms with Gasteiger partial charge in [-0.3, -0.25) is 14.6 Å². The minimum Gasteiger partial charge on any atom is -0.325 e. The number of hydrogen-bond acceptors (Lipinski definition) is 3. The lowest BCUT2D eigenvalue weighted by molar-refractivity contribution is -0.129. The number of carbonyl (C=O) groups is 2. The Morgan fingerprint density at radius 1 is 1.18 bits per heavy atom. The number of rotatable bonds is 3. The van der Waals surface area contributed by atoms with E-state index in [-0.39, 0.29) is 18.7 Å². The summed E-state index contributed by atoms with van der Waals surface area (Å²) >= 11 is 0. The van der Waals surface area contributed by atoms with Gasteiger partial charge in [0, 0.05) is 29.9 Å². The molecule has 2 aromatic carbocycles. The Morgan fingerprint density at radius 2 is 1.93 bits per heavy atom. The van der Waals surface area contributed by atoms with Gasteiger partial charge in [-0.1, -0.05) is 6.07 Å². The summed E-state index contributed by atoms with van der Waals surface area (Å²) in [6.45, 7) is 2.15. The molecule has 0 spiro atoms. The monoisotopic (exact) mass is 381 g/mol. The number of pyridine rings is 1. The maximum atomic E-state index is 13.5. The normalized spacial score (nSPS) is 16.6. The molecule has 2 amide bonds. The highest BCUT2D eigenvalue weighted by Crippen LogP contribution is 2.29. The van der Waals surface area contributed by atoms with Gasteiger partial charge in [-0.15, -0.1) is 0 Å². The molecular weight excluding hydrogens is 364 g/mol. The number of anilines is 2. The smallest absolute Gasteiger partial charge is 0.239 e. The fourth-order valence-electron chi connectivity index (χ4n) is 3.52. The first-order valence-electron chi connectivity index (χ1n) is 8.87. The lowest BCUT2D eigenvalue weighted by Crippen LogP contribution is -2.33. The third kappa shape index (κ3) is 3.19. The predicted molar refractivity (Wildman–Crippen MR) is 102 cm³/mol. The molecule has 3 aromatic rings. The molecular formula is C21H17F2N3O2. The maximum absolute atomic E-state index is 13.5. The molecule has 1 aliphatic heterocycles. The number of hydrogen-bond donors (Lipinski definition) is 1. The standard InChI is InChI=1S/C21H17F2N3O2/c1-12-4-5-18(16-3-2-7-24-19(12)16)25-20(27)17-6-8-26(21(17)28)15-10-13(22)9-14(23)11-15/h2-5,7,9-11,17H,6,8H2,1H3,(H,25,27). The van der Waals surface area contributed by atoms with Crippen molar-refractivity contribution in [2.24, 2.45) is 5.92 Å². The zero-order valence-corrected chi connectivity index (χ0v) is 15.1. The average Bonchev–Trinajstić information content (AvgIpc) is 3.05. The van der Waals surface area contributed by atoms with Crippen molar-refractivity contribution in [3.63, 3.8) is 0 Å². The molecule has 0 bridgehead atoms. The van der Waals surface area contributed by atoms with E-state index in [9.17, 15) is 18.4 Å². The van der Waals surface area contributed by atoms with E-state index in [0.29, 0.717) is 5.69 Å². The van der Waals surface area contributed by atoms with E-state index in [4.69, 9.17) is 0 Å². The number of aromatic nitrogens is 1. The summed E-state index contributed by atoms with van der Waals surface area (Å²) in [5.41, 5.74) is 2.43. The van der Waals surface area contributed by atoms with E-state index >= 15 is 0 Å². The summed E-state index contributed by atoms with van der Waals surface area (Å²) in [7, 11) is 0. The van der Waals surface area contributed by atoms with E-state index in [1.165, 1.54) is 4.90 Å². The summed E-state index contributed by atoms with van der Waals surface area (Å²) in [5.74, 6) is -3.38. The third-order valence-electron chi connectivity index (χ3n) is 4.91. The van der Waals surface area contributed by atoms with Crippen molar-refractivity contribution >= 4 is 34.1 Å². The minimum absolute atomic E-state index is 0.114. The molecule has 1 fully saturated rings. The predicted octanol–water partition coefficient (Wildman–Crippen LogP) is 3.81. The van der Waals surface area contributed by atoms with Crippen LogP contribution in [0.25, 0.3) is 10.9 Å². The van der Waals surface area contributed by atoms with E-state index in [1.54, 1.807) is 18.3 Å². The summed E-state index contributed by atoms with van der Waals surface area (Å²) in [5, 5.41) is 3.59. The Hall–Kier alpha value is -3.35.